The first kappa shape index (κ1) is 14.4. The molecule has 1 aromatic carbocycles. The van der Waals surface area contributed by atoms with Crippen molar-refractivity contribution in [2.24, 2.45) is 5.92 Å². The van der Waals surface area contributed by atoms with Crippen LogP contribution in [0.3, 0.4) is 0 Å². The van der Waals surface area contributed by atoms with E-state index in [0.29, 0.717) is 11.8 Å². The van der Waals surface area contributed by atoms with Crippen LogP contribution >= 0.6 is 11.6 Å². The second-order valence-corrected chi connectivity index (χ2v) is 5.97. The van der Waals surface area contributed by atoms with Gasteiger partial charge in [0, 0.05) is 17.5 Å². The highest BCUT2D eigenvalue weighted by atomic mass is 35.5. The summed E-state index contributed by atoms with van der Waals surface area (Å²) in [6.45, 7) is 5.93. The fraction of sp³-hybridized carbons (Fsp3) is 0.438. The van der Waals surface area contributed by atoms with Gasteiger partial charge in [-0.3, -0.25) is 0 Å². The van der Waals surface area contributed by atoms with Gasteiger partial charge in [-0.25, -0.2) is 4.98 Å². The molecule has 0 saturated carbocycles. The lowest BCUT2D eigenvalue weighted by Gasteiger charge is -2.23. The van der Waals surface area contributed by atoms with Crippen LogP contribution in [0.1, 0.15) is 29.5 Å². The lowest BCUT2D eigenvalue weighted by molar-refractivity contribution is 0.112. The van der Waals surface area contributed by atoms with Crippen molar-refractivity contribution in [3.63, 3.8) is 0 Å². The normalized spacial score (nSPS) is 19.7. The van der Waals surface area contributed by atoms with Crippen LogP contribution in [0.4, 0.5) is 0 Å². The number of aromatic nitrogens is 1. The van der Waals surface area contributed by atoms with Gasteiger partial charge in [0.1, 0.15) is 12.0 Å². The summed E-state index contributed by atoms with van der Waals surface area (Å²) in [7, 11) is 0. The summed E-state index contributed by atoms with van der Waals surface area (Å²) in [5, 5.41) is 4.10. The minimum atomic E-state index is -0.173. The number of nitrogens with zero attached hydrogens (tertiary/aromatic N) is 1. The molecule has 0 aliphatic carbocycles. The van der Waals surface area contributed by atoms with Crippen molar-refractivity contribution >= 4 is 11.6 Å². The van der Waals surface area contributed by atoms with Gasteiger partial charge in [0.2, 0.25) is 5.89 Å². The summed E-state index contributed by atoms with van der Waals surface area (Å²) in [6.07, 6.45) is 4.14. The number of rotatable bonds is 4. The van der Waals surface area contributed by atoms with E-state index < -0.39 is 0 Å². The van der Waals surface area contributed by atoms with E-state index >= 15 is 0 Å². The number of oxazole rings is 1. The highest BCUT2D eigenvalue weighted by molar-refractivity contribution is 6.30. The third-order valence-electron chi connectivity index (χ3n) is 3.89. The first-order valence-electron chi connectivity index (χ1n) is 7.18. The molecule has 1 aliphatic heterocycles. The van der Waals surface area contributed by atoms with Crippen molar-refractivity contribution in [1.29, 1.82) is 0 Å². The fourth-order valence-electron chi connectivity index (χ4n) is 2.87. The van der Waals surface area contributed by atoms with Crippen LogP contribution in [0.5, 0.6) is 5.75 Å². The van der Waals surface area contributed by atoms with E-state index in [9.17, 15) is 0 Å². The number of nitrogens with one attached hydrogen (secondary N) is 1. The number of hydrogen-bond acceptors (Lipinski definition) is 4. The zero-order valence-corrected chi connectivity index (χ0v) is 13.0. The van der Waals surface area contributed by atoms with Crippen LogP contribution in [0.25, 0.3) is 0 Å². The van der Waals surface area contributed by atoms with Crippen molar-refractivity contribution in [2.45, 2.75) is 26.4 Å². The van der Waals surface area contributed by atoms with E-state index in [1.165, 1.54) is 0 Å². The van der Waals surface area contributed by atoms with Crippen molar-refractivity contribution < 1.29 is 9.15 Å². The molecule has 2 atom stereocenters. The molecule has 1 saturated heterocycles. The second-order valence-electron chi connectivity index (χ2n) is 5.53. The van der Waals surface area contributed by atoms with E-state index in [1.807, 2.05) is 26.0 Å². The molecule has 2 heterocycles. The summed E-state index contributed by atoms with van der Waals surface area (Å²) >= 11 is 6.09. The van der Waals surface area contributed by atoms with Gasteiger partial charge in [-0.15, -0.1) is 0 Å². The molecule has 4 nitrogen and oxygen atoms in total. The maximum Gasteiger partial charge on any atom is 0.235 e. The van der Waals surface area contributed by atoms with Gasteiger partial charge in [-0.05, 0) is 50.1 Å². The number of benzene rings is 1. The molecule has 3 rings (SSSR count). The van der Waals surface area contributed by atoms with Gasteiger partial charge in [0.05, 0.1) is 6.20 Å². The Balaban J connectivity index is 1.91. The third kappa shape index (κ3) is 3.06. The van der Waals surface area contributed by atoms with Crippen LogP contribution in [0.2, 0.25) is 5.02 Å². The zero-order valence-electron chi connectivity index (χ0n) is 12.2. The van der Waals surface area contributed by atoms with E-state index in [1.54, 1.807) is 12.5 Å². The molecule has 1 N–H and O–H groups in total. The van der Waals surface area contributed by atoms with Gasteiger partial charge in [-0.1, -0.05) is 11.6 Å². The predicted octanol–water partition coefficient (Wildman–Crippen LogP) is 3.67. The molecule has 1 fully saturated rings. The minimum absolute atomic E-state index is 0.173. The molecule has 0 bridgehead atoms. The number of halogens is 1. The molecule has 0 radical (unpaired) electrons. The molecule has 112 valence electrons. The first-order valence-corrected chi connectivity index (χ1v) is 7.56. The Hall–Kier alpha value is -1.52. The third-order valence-corrected chi connectivity index (χ3v) is 4.11. The van der Waals surface area contributed by atoms with Crippen LogP contribution in [0.15, 0.2) is 29.0 Å². The van der Waals surface area contributed by atoms with Gasteiger partial charge in [0.25, 0.3) is 0 Å². The topological polar surface area (TPSA) is 47.3 Å². The smallest absolute Gasteiger partial charge is 0.235 e. The van der Waals surface area contributed by atoms with Gasteiger partial charge in [-0.2, -0.15) is 0 Å². The Kier molecular flexibility index (Phi) is 4.17. The van der Waals surface area contributed by atoms with Gasteiger partial charge < -0.3 is 14.5 Å². The number of aryl methyl sites for hydroxylation is 2. The first-order chi connectivity index (χ1) is 10.1. The fourth-order valence-corrected chi connectivity index (χ4v) is 3.20. The minimum Gasteiger partial charge on any atom is -0.480 e. The molecule has 0 spiro atoms. The molecular weight excluding hydrogens is 288 g/mol. The van der Waals surface area contributed by atoms with Crippen molar-refractivity contribution in [2.75, 3.05) is 13.1 Å². The molecule has 2 aromatic rings. The maximum atomic E-state index is 6.30. The highest BCUT2D eigenvalue weighted by Gasteiger charge is 2.32. The van der Waals surface area contributed by atoms with Crippen molar-refractivity contribution in [1.82, 2.24) is 10.3 Å². The van der Waals surface area contributed by atoms with E-state index in [-0.39, 0.29) is 6.10 Å². The summed E-state index contributed by atoms with van der Waals surface area (Å²) in [5.41, 5.74) is 2.06. The number of hydrogen-bond donors (Lipinski definition) is 1. The van der Waals surface area contributed by atoms with Crippen LogP contribution in [-0.4, -0.2) is 18.1 Å². The Morgan fingerprint density at radius 1 is 1.38 bits per heavy atom. The lowest BCUT2D eigenvalue weighted by Crippen LogP contribution is -2.22. The Morgan fingerprint density at radius 2 is 2.14 bits per heavy atom. The van der Waals surface area contributed by atoms with E-state index in [4.69, 9.17) is 20.8 Å². The summed E-state index contributed by atoms with van der Waals surface area (Å²) < 4.78 is 11.8. The molecule has 1 aromatic heterocycles. The zero-order chi connectivity index (χ0) is 14.8. The molecule has 1 unspecified atom stereocenters. The quantitative estimate of drug-likeness (QED) is 0.936. The largest absolute Gasteiger partial charge is 0.480 e. The summed E-state index contributed by atoms with van der Waals surface area (Å²) in [4.78, 5) is 4.29. The van der Waals surface area contributed by atoms with Crippen LogP contribution in [0, 0.1) is 19.8 Å². The predicted molar refractivity (Wildman–Crippen MR) is 81.8 cm³/mol. The van der Waals surface area contributed by atoms with Crippen LogP contribution < -0.4 is 10.1 Å². The van der Waals surface area contributed by atoms with E-state index in [2.05, 4.69) is 10.3 Å². The monoisotopic (exact) mass is 306 g/mol. The summed E-state index contributed by atoms with van der Waals surface area (Å²) in [6, 6.07) is 3.84. The maximum absolute atomic E-state index is 6.30. The lowest BCUT2D eigenvalue weighted by atomic mass is 10.0. The average molecular weight is 307 g/mol. The second kappa shape index (κ2) is 6.08. The Labute approximate surface area is 129 Å². The molecule has 5 heteroatoms. The Morgan fingerprint density at radius 3 is 2.71 bits per heavy atom. The molecule has 1 aliphatic rings. The number of ether oxygens (including phenoxy) is 1. The Bertz CT molecular complexity index is 584. The van der Waals surface area contributed by atoms with Crippen LogP contribution in [-0.2, 0) is 0 Å². The average Bonchev–Trinajstić information content (AvgIpc) is 3.11. The van der Waals surface area contributed by atoms with Gasteiger partial charge in [0.15, 0.2) is 6.10 Å². The van der Waals surface area contributed by atoms with E-state index in [0.717, 1.165) is 41.4 Å². The SMILES string of the molecule is Cc1cc(Cl)cc(C)c1O[C@H](c1ncco1)C1CCNC1. The molecular formula is C16H19ClN2O2. The standard InChI is InChI=1S/C16H19ClN2O2/c1-10-7-13(17)8-11(2)14(10)21-15(12-3-4-18-9-12)16-19-5-6-20-16/h5-8,12,15,18H,3-4,9H2,1-2H3/t12?,15-/m0/s1. The highest BCUT2D eigenvalue weighted by Crippen LogP contribution is 2.35. The summed E-state index contributed by atoms with van der Waals surface area (Å²) in [5.74, 6) is 1.87. The van der Waals surface area contributed by atoms with Crippen molar-refractivity contribution in [3.8, 4) is 5.75 Å². The molecule has 0 amide bonds. The van der Waals surface area contributed by atoms with Crippen molar-refractivity contribution in [3.05, 3.63) is 46.6 Å². The molecule has 21 heavy (non-hydrogen) atoms. The van der Waals surface area contributed by atoms with Gasteiger partial charge >= 0.3 is 0 Å².